The van der Waals surface area contributed by atoms with E-state index in [0.29, 0.717) is 6.42 Å². The summed E-state index contributed by atoms with van der Waals surface area (Å²) in [6.45, 7) is 1.68. The fraction of sp³-hybridized carbons (Fsp3) is 0.250. The van der Waals surface area contributed by atoms with Crippen LogP contribution >= 0.6 is 0 Å². The van der Waals surface area contributed by atoms with E-state index in [1.54, 1.807) is 6.92 Å². The summed E-state index contributed by atoms with van der Waals surface area (Å²) in [5, 5.41) is 18.7. The average molecular weight is 232 g/mol. The predicted octanol–water partition coefficient (Wildman–Crippen LogP) is 0.676. The Kier molecular flexibility index (Phi) is 1.93. The van der Waals surface area contributed by atoms with E-state index in [1.165, 1.54) is 0 Å². The Balaban J connectivity index is 2.69. The molecule has 0 bridgehead atoms. The third-order valence-corrected chi connectivity index (χ3v) is 2.78. The van der Waals surface area contributed by atoms with Gasteiger partial charge in [-0.15, -0.1) is 8.42 Å². The van der Waals surface area contributed by atoms with Crippen LogP contribution in [0.5, 0.6) is 23.0 Å². The van der Waals surface area contributed by atoms with Crippen molar-refractivity contribution in [3.05, 3.63) is 11.6 Å². The van der Waals surface area contributed by atoms with Gasteiger partial charge in [-0.1, -0.05) is 6.92 Å². The first-order chi connectivity index (χ1) is 6.94. The van der Waals surface area contributed by atoms with Crippen LogP contribution in [0.2, 0.25) is 0 Å². The summed E-state index contributed by atoms with van der Waals surface area (Å²) >= 11 is 0. The summed E-state index contributed by atoms with van der Waals surface area (Å²) in [7, 11) is -4.09. The van der Waals surface area contributed by atoms with Crippen LogP contribution in [0, 0.1) is 0 Å². The molecule has 2 rings (SSSR count). The molecule has 0 atom stereocenters. The van der Waals surface area contributed by atoms with Crippen molar-refractivity contribution in [1.82, 2.24) is 0 Å². The molecule has 0 saturated heterocycles. The topological polar surface area (TPSA) is 93.1 Å². The number of rotatable bonds is 1. The van der Waals surface area contributed by atoms with Gasteiger partial charge in [0.25, 0.3) is 0 Å². The molecule has 1 aliphatic rings. The van der Waals surface area contributed by atoms with Crippen molar-refractivity contribution in [3.8, 4) is 23.0 Å². The molecule has 1 aliphatic heterocycles. The highest BCUT2D eigenvalue weighted by molar-refractivity contribution is 7.82. The van der Waals surface area contributed by atoms with Crippen LogP contribution in [0.3, 0.4) is 0 Å². The van der Waals surface area contributed by atoms with Gasteiger partial charge < -0.3 is 18.6 Å². The van der Waals surface area contributed by atoms with E-state index in [-0.39, 0.29) is 17.1 Å². The number of phenolic OH excluding ortho intramolecular Hbond substituents is 2. The lowest BCUT2D eigenvalue weighted by Gasteiger charge is -2.05. The maximum absolute atomic E-state index is 11.0. The van der Waals surface area contributed by atoms with Crippen LogP contribution < -0.4 is 8.37 Å². The number of fused-ring (bicyclic) bond motifs is 1. The van der Waals surface area contributed by atoms with Crippen LogP contribution in [0.1, 0.15) is 12.5 Å². The molecule has 7 heteroatoms. The predicted molar refractivity (Wildman–Crippen MR) is 49.3 cm³/mol. The van der Waals surface area contributed by atoms with E-state index in [9.17, 15) is 18.6 Å². The van der Waals surface area contributed by atoms with Gasteiger partial charge >= 0.3 is 10.4 Å². The van der Waals surface area contributed by atoms with Crippen LogP contribution in [0.4, 0.5) is 0 Å². The second-order valence-electron chi connectivity index (χ2n) is 2.98. The molecule has 82 valence electrons. The van der Waals surface area contributed by atoms with Gasteiger partial charge in [0.1, 0.15) is 0 Å². The maximum Gasteiger partial charge on any atom is 0.501 e. The van der Waals surface area contributed by atoms with Crippen molar-refractivity contribution < 1.29 is 27.0 Å². The molecule has 0 saturated carbocycles. The van der Waals surface area contributed by atoms with E-state index >= 15 is 0 Å². The van der Waals surface area contributed by atoms with Crippen molar-refractivity contribution in [3.63, 3.8) is 0 Å². The second-order valence-corrected chi connectivity index (χ2v) is 4.13. The Morgan fingerprint density at radius 1 is 1.33 bits per heavy atom. The summed E-state index contributed by atoms with van der Waals surface area (Å²) in [4.78, 5) is 0. The van der Waals surface area contributed by atoms with Gasteiger partial charge in [0, 0.05) is 11.6 Å². The van der Waals surface area contributed by atoms with Crippen molar-refractivity contribution in [2.24, 2.45) is 0 Å². The first kappa shape index (κ1) is 9.91. The Bertz CT molecular complexity index is 518. The van der Waals surface area contributed by atoms with Crippen LogP contribution in [0.25, 0.3) is 0 Å². The van der Waals surface area contributed by atoms with Crippen LogP contribution in [-0.2, 0) is 16.8 Å². The highest BCUT2D eigenvalue weighted by Gasteiger charge is 2.33. The first-order valence-corrected chi connectivity index (χ1v) is 5.49. The minimum atomic E-state index is -4.09. The largest absolute Gasteiger partial charge is 0.504 e. The molecule has 0 radical (unpaired) electrons. The van der Waals surface area contributed by atoms with Gasteiger partial charge in [-0.05, 0) is 6.42 Å². The van der Waals surface area contributed by atoms with E-state index in [4.69, 9.17) is 0 Å². The highest BCUT2D eigenvalue weighted by Crippen LogP contribution is 2.47. The molecule has 15 heavy (non-hydrogen) atoms. The smallest absolute Gasteiger partial charge is 0.501 e. The minimum Gasteiger partial charge on any atom is -0.504 e. The van der Waals surface area contributed by atoms with E-state index in [1.807, 2.05) is 0 Å². The summed E-state index contributed by atoms with van der Waals surface area (Å²) in [6, 6.07) is 0.994. The fourth-order valence-corrected chi connectivity index (χ4v) is 2.14. The first-order valence-electron chi connectivity index (χ1n) is 4.16. The summed E-state index contributed by atoms with van der Waals surface area (Å²) in [5.74, 6) is -1.00. The lowest BCUT2D eigenvalue weighted by Crippen LogP contribution is -2.08. The summed E-state index contributed by atoms with van der Waals surface area (Å²) < 4.78 is 30.9. The SMILES string of the molecule is CCc1c(O)c(O)cc2c1OS(=O)(=O)O2. The summed E-state index contributed by atoms with van der Waals surface area (Å²) in [6.07, 6.45) is 0.307. The number of phenols is 2. The molecule has 0 fully saturated rings. The third kappa shape index (κ3) is 1.44. The normalized spacial score (nSPS) is 16.6. The minimum absolute atomic E-state index is 0.0622. The Morgan fingerprint density at radius 2 is 2.00 bits per heavy atom. The molecular formula is C8H8O6S. The molecular weight excluding hydrogens is 224 g/mol. The Hall–Kier alpha value is -1.63. The monoisotopic (exact) mass is 232 g/mol. The molecule has 0 amide bonds. The molecule has 1 aromatic rings. The third-order valence-electron chi connectivity index (χ3n) is 2.02. The number of aromatic hydroxyl groups is 2. The second kappa shape index (κ2) is 2.93. The van der Waals surface area contributed by atoms with Gasteiger partial charge in [0.15, 0.2) is 23.0 Å². The molecule has 1 aromatic carbocycles. The molecule has 6 nitrogen and oxygen atoms in total. The Morgan fingerprint density at radius 3 is 2.60 bits per heavy atom. The van der Waals surface area contributed by atoms with Crippen molar-refractivity contribution >= 4 is 10.4 Å². The fourth-order valence-electron chi connectivity index (χ4n) is 1.38. The van der Waals surface area contributed by atoms with Crippen molar-refractivity contribution in [2.75, 3.05) is 0 Å². The maximum atomic E-state index is 11.0. The number of hydrogen-bond acceptors (Lipinski definition) is 6. The molecule has 0 aliphatic carbocycles. The molecule has 0 unspecified atom stereocenters. The van der Waals surface area contributed by atoms with E-state index < -0.39 is 21.9 Å². The number of benzene rings is 1. The molecule has 0 aromatic heterocycles. The van der Waals surface area contributed by atoms with Crippen molar-refractivity contribution in [1.29, 1.82) is 0 Å². The zero-order valence-electron chi connectivity index (χ0n) is 7.72. The standard InChI is InChI=1S/C8H8O6S/c1-2-4-7(10)5(9)3-6-8(4)14-15(11,12)13-6/h3,9-10H,2H2,1H3. The van der Waals surface area contributed by atoms with Gasteiger partial charge in [-0.3, -0.25) is 0 Å². The van der Waals surface area contributed by atoms with Crippen LogP contribution in [0.15, 0.2) is 6.07 Å². The average Bonchev–Trinajstić information content (AvgIpc) is 2.41. The van der Waals surface area contributed by atoms with Crippen molar-refractivity contribution in [2.45, 2.75) is 13.3 Å². The quantitative estimate of drug-likeness (QED) is 0.691. The molecule has 0 spiro atoms. The van der Waals surface area contributed by atoms with Gasteiger partial charge in [0.2, 0.25) is 0 Å². The Labute approximate surface area is 86.0 Å². The summed E-state index contributed by atoms with van der Waals surface area (Å²) in [5.41, 5.74) is 0.200. The molecule has 1 heterocycles. The van der Waals surface area contributed by atoms with Gasteiger partial charge in [-0.25, -0.2) is 0 Å². The lowest BCUT2D eigenvalue weighted by molar-refractivity contribution is 0.396. The van der Waals surface area contributed by atoms with Crippen LogP contribution in [-0.4, -0.2) is 18.6 Å². The zero-order valence-corrected chi connectivity index (χ0v) is 8.54. The molecule has 2 N–H and O–H groups in total. The zero-order chi connectivity index (χ0) is 11.2. The highest BCUT2D eigenvalue weighted by atomic mass is 32.3. The van der Waals surface area contributed by atoms with E-state index in [2.05, 4.69) is 8.37 Å². The van der Waals surface area contributed by atoms with E-state index in [0.717, 1.165) is 6.07 Å². The van der Waals surface area contributed by atoms with Gasteiger partial charge in [0.05, 0.1) is 0 Å². The van der Waals surface area contributed by atoms with Gasteiger partial charge in [-0.2, -0.15) is 0 Å². The lowest BCUT2D eigenvalue weighted by atomic mass is 10.1. The number of hydrogen-bond donors (Lipinski definition) is 2.